The average molecular weight is 328 g/mol. The molecule has 0 radical (unpaired) electrons. The number of pyridine rings is 1. The van der Waals surface area contributed by atoms with Crippen LogP contribution in [0.2, 0.25) is 0 Å². The fourth-order valence-electron chi connectivity index (χ4n) is 3.19. The highest BCUT2D eigenvalue weighted by Crippen LogP contribution is 2.15. The van der Waals surface area contributed by atoms with E-state index in [9.17, 15) is 9.59 Å². The molecule has 1 aromatic heterocycles. The molecule has 3 amide bonds. The molecule has 2 aliphatic rings. The van der Waals surface area contributed by atoms with Crippen molar-refractivity contribution in [1.29, 1.82) is 0 Å². The summed E-state index contributed by atoms with van der Waals surface area (Å²) < 4.78 is 7.16. The van der Waals surface area contributed by atoms with Gasteiger partial charge in [-0.25, -0.2) is 4.79 Å². The number of ether oxygens (including phenoxy) is 1. The summed E-state index contributed by atoms with van der Waals surface area (Å²) in [6.07, 6.45) is 6.97. The first-order valence-electron chi connectivity index (χ1n) is 8.20. The van der Waals surface area contributed by atoms with Crippen LogP contribution < -0.4 is 15.2 Å². The van der Waals surface area contributed by atoms with Crippen molar-refractivity contribution in [1.82, 2.24) is 14.5 Å². The van der Waals surface area contributed by atoms with Crippen LogP contribution >= 0.6 is 0 Å². The van der Waals surface area contributed by atoms with Gasteiger partial charge in [0.2, 0.25) is 0 Å². The third kappa shape index (κ3) is 2.47. The van der Waals surface area contributed by atoms with E-state index in [0.29, 0.717) is 24.0 Å². The fraction of sp³-hybridized carbons (Fsp3) is 0.444. The zero-order chi connectivity index (χ0) is 17.4. The van der Waals surface area contributed by atoms with Crippen LogP contribution in [0.25, 0.3) is 6.08 Å². The number of carbonyl (C=O) groups excluding carboxylic acids is 2. The summed E-state index contributed by atoms with van der Waals surface area (Å²) in [4.78, 5) is 31.3. The van der Waals surface area contributed by atoms with E-state index < -0.39 is 0 Å². The van der Waals surface area contributed by atoms with Crippen molar-refractivity contribution in [3.8, 4) is 0 Å². The average Bonchev–Trinajstić information content (AvgIpc) is 2.57. The molecule has 0 saturated heterocycles. The van der Waals surface area contributed by atoms with Crippen molar-refractivity contribution in [2.24, 2.45) is 5.92 Å². The van der Waals surface area contributed by atoms with Crippen LogP contribution in [-0.2, 0) is 4.74 Å². The lowest BCUT2D eigenvalue weighted by molar-refractivity contribution is 0.0782. The van der Waals surface area contributed by atoms with Crippen LogP contribution in [0.4, 0.5) is 4.79 Å². The number of amides is 3. The third-order valence-corrected chi connectivity index (χ3v) is 4.26. The van der Waals surface area contributed by atoms with Crippen LogP contribution in [0.1, 0.15) is 42.9 Å². The summed E-state index contributed by atoms with van der Waals surface area (Å²) in [7, 11) is 1.62. The molecule has 1 aliphatic heterocycles. The van der Waals surface area contributed by atoms with E-state index in [1.807, 2.05) is 18.2 Å². The second-order valence-electron chi connectivity index (χ2n) is 6.36. The monoisotopic (exact) mass is 328 g/mol. The normalized spacial score (nSPS) is 19.5. The Kier molecular flexibility index (Phi) is 4.32. The lowest BCUT2D eigenvalue weighted by Crippen LogP contribution is -2.60. The van der Waals surface area contributed by atoms with Crippen LogP contribution in [0.15, 0.2) is 18.3 Å². The summed E-state index contributed by atoms with van der Waals surface area (Å²) in [6, 6.07) is -0.269. The highest BCUT2D eigenvalue weighted by molar-refractivity contribution is 6.06. The van der Waals surface area contributed by atoms with E-state index in [2.05, 4.69) is 18.8 Å². The number of carbonyl (C=O) groups is 2. The zero-order valence-corrected chi connectivity index (χ0v) is 14.4. The van der Waals surface area contributed by atoms with Crippen molar-refractivity contribution >= 4 is 18.0 Å². The van der Waals surface area contributed by atoms with Gasteiger partial charge in [-0.05, 0) is 25.0 Å². The van der Waals surface area contributed by atoms with Crippen molar-refractivity contribution in [3.63, 3.8) is 0 Å². The Morgan fingerprint density at radius 3 is 2.75 bits per heavy atom. The predicted molar refractivity (Wildman–Crippen MR) is 89.9 cm³/mol. The number of hydrogen-bond acceptors (Lipinski definition) is 4. The maximum Gasteiger partial charge on any atom is 0.501 e. The van der Waals surface area contributed by atoms with Crippen LogP contribution in [0.3, 0.4) is 0 Å². The molecule has 6 heteroatoms. The summed E-state index contributed by atoms with van der Waals surface area (Å²) in [6.45, 7) is 6.79. The van der Waals surface area contributed by atoms with Gasteiger partial charge in [-0.15, -0.1) is 0 Å². The Morgan fingerprint density at radius 1 is 1.38 bits per heavy atom. The first kappa shape index (κ1) is 16.5. The van der Waals surface area contributed by atoms with E-state index in [4.69, 9.17) is 4.74 Å². The lowest BCUT2D eigenvalue weighted by Gasteiger charge is -2.22. The zero-order valence-electron chi connectivity index (χ0n) is 14.4. The molecule has 0 N–H and O–H groups in total. The molecule has 1 aliphatic carbocycles. The van der Waals surface area contributed by atoms with Crippen molar-refractivity contribution < 1.29 is 14.3 Å². The maximum atomic E-state index is 12.8. The largest absolute Gasteiger partial charge is 0.501 e. The molecule has 0 fully saturated rings. The third-order valence-electron chi connectivity index (χ3n) is 4.26. The lowest BCUT2D eigenvalue weighted by atomic mass is 10.0. The quantitative estimate of drug-likeness (QED) is 0.769. The number of hydrogen-bond donors (Lipinski definition) is 0. The topological polar surface area (TPSA) is 62.5 Å². The van der Waals surface area contributed by atoms with Crippen molar-refractivity contribution in [3.05, 3.63) is 40.2 Å². The Bertz CT molecular complexity index is 855. The molecule has 0 aromatic carbocycles. The minimum Gasteiger partial charge on any atom is -0.371 e. The number of allylic oxidation sites excluding steroid dienone is 1. The van der Waals surface area contributed by atoms with Gasteiger partial charge in [0.15, 0.2) is 5.36 Å². The number of imide groups is 1. The molecule has 0 bridgehead atoms. The fourth-order valence-corrected chi connectivity index (χ4v) is 3.19. The number of methoxy groups -OCH3 is 1. The second kappa shape index (κ2) is 6.28. The van der Waals surface area contributed by atoms with Gasteiger partial charge in [0.05, 0.1) is 18.8 Å². The molecular weight excluding hydrogens is 306 g/mol. The van der Waals surface area contributed by atoms with Gasteiger partial charge in [0.25, 0.3) is 0 Å². The number of urea groups is 1. The van der Waals surface area contributed by atoms with Gasteiger partial charge in [-0.2, -0.15) is 14.3 Å². The van der Waals surface area contributed by atoms with Gasteiger partial charge in [0.1, 0.15) is 11.7 Å². The molecule has 1 unspecified atom stereocenters. The first-order chi connectivity index (χ1) is 11.5. The van der Waals surface area contributed by atoms with Gasteiger partial charge < -0.3 is 4.74 Å². The molecular formula is C18H22N3O3+. The molecule has 24 heavy (non-hydrogen) atoms. The van der Waals surface area contributed by atoms with E-state index in [1.165, 1.54) is 4.90 Å². The predicted octanol–water partition coefficient (Wildman–Crippen LogP) is 0.862. The van der Waals surface area contributed by atoms with Crippen molar-refractivity contribution in [2.45, 2.75) is 26.9 Å². The summed E-state index contributed by atoms with van der Waals surface area (Å²) >= 11 is 0. The van der Waals surface area contributed by atoms with Crippen LogP contribution in [0.5, 0.6) is 0 Å². The van der Waals surface area contributed by atoms with Crippen LogP contribution in [-0.4, -0.2) is 42.0 Å². The molecule has 126 valence electrons. The van der Waals surface area contributed by atoms with E-state index in [-0.39, 0.29) is 24.0 Å². The summed E-state index contributed by atoms with van der Waals surface area (Å²) in [5.41, 5.74) is 1.20. The highest BCUT2D eigenvalue weighted by atomic mass is 16.5. The van der Waals surface area contributed by atoms with Gasteiger partial charge >= 0.3 is 11.9 Å². The smallest absolute Gasteiger partial charge is 0.371 e. The summed E-state index contributed by atoms with van der Waals surface area (Å²) in [5.74, 6) is -0.0143. The Hall–Kier alpha value is -2.34. The van der Waals surface area contributed by atoms with Gasteiger partial charge in [-0.1, -0.05) is 19.9 Å². The minimum atomic E-state index is -0.287. The highest BCUT2D eigenvalue weighted by Gasteiger charge is 2.40. The molecule has 6 nitrogen and oxygen atoms in total. The number of fused-ring (bicyclic) bond motifs is 3. The molecule has 1 atom stereocenters. The standard InChI is InChI=1S/C18H22N3O3/c1-5-20-17(22)13-9-19-15-12(7-6-8-14(15)24-4)16(13)21(18(20)23)10-11(2)3/h6-9,11,14H,5,10H2,1-4H3/q+1. The number of aromatic nitrogens is 1. The van der Waals surface area contributed by atoms with E-state index in [0.717, 1.165) is 10.9 Å². The molecule has 2 heterocycles. The van der Waals surface area contributed by atoms with Crippen molar-refractivity contribution in [2.75, 3.05) is 20.2 Å². The number of rotatable bonds is 4. The van der Waals surface area contributed by atoms with Gasteiger partial charge in [-0.3, -0.25) is 4.98 Å². The maximum absolute atomic E-state index is 12.8. The molecule has 0 spiro atoms. The Morgan fingerprint density at radius 2 is 2.12 bits per heavy atom. The Labute approximate surface area is 140 Å². The SMILES string of the molecule is CCN1C(=O)c2cnc3c(c2=[N+](CC(C)C)C1=O)=CC=CC3OC. The Balaban J connectivity index is 2.41. The molecule has 3 rings (SSSR count). The first-order valence-corrected chi connectivity index (χ1v) is 8.20. The van der Waals surface area contributed by atoms with Crippen LogP contribution in [0, 0.1) is 5.92 Å². The van der Waals surface area contributed by atoms with E-state index >= 15 is 0 Å². The second-order valence-corrected chi connectivity index (χ2v) is 6.36. The molecule has 1 aromatic rings. The van der Waals surface area contributed by atoms with E-state index in [1.54, 1.807) is 24.8 Å². The van der Waals surface area contributed by atoms with Gasteiger partial charge in [0, 0.05) is 18.5 Å². The minimum absolute atomic E-state index is 0.269. The number of nitrogens with zero attached hydrogens (tertiary/aromatic N) is 3. The molecule has 0 saturated carbocycles. The summed E-state index contributed by atoms with van der Waals surface area (Å²) in [5, 5.41) is 1.44.